The Labute approximate surface area is 113 Å². The highest BCUT2D eigenvalue weighted by atomic mass is 32.2. The van der Waals surface area contributed by atoms with Crippen LogP contribution in [0.4, 0.5) is 5.69 Å². The standard InChI is InChI=1S/C13H22N4S/c1-9(2)13-15-7-12(11(6-14)16-13)17-4-5-18-10(3)8-17/h7,9-10H,4-6,8,14H2,1-3H3. The van der Waals surface area contributed by atoms with Gasteiger partial charge in [0.25, 0.3) is 0 Å². The number of rotatable bonds is 3. The van der Waals surface area contributed by atoms with Gasteiger partial charge in [-0.25, -0.2) is 9.97 Å². The summed E-state index contributed by atoms with van der Waals surface area (Å²) in [4.78, 5) is 11.4. The normalized spacial score (nSPS) is 20.5. The molecule has 1 unspecified atom stereocenters. The Morgan fingerprint density at radius 3 is 2.94 bits per heavy atom. The number of hydrogen-bond acceptors (Lipinski definition) is 5. The van der Waals surface area contributed by atoms with Crippen LogP contribution in [-0.4, -0.2) is 34.1 Å². The van der Waals surface area contributed by atoms with Gasteiger partial charge in [-0.15, -0.1) is 0 Å². The molecule has 1 aliphatic heterocycles. The maximum atomic E-state index is 5.84. The summed E-state index contributed by atoms with van der Waals surface area (Å²) in [6.45, 7) is 9.08. The number of nitrogens with zero attached hydrogens (tertiary/aromatic N) is 3. The first kappa shape index (κ1) is 13.6. The largest absolute Gasteiger partial charge is 0.367 e. The van der Waals surface area contributed by atoms with E-state index in [9.17, 15) is 0 Å². The molecule has 2 heterocycles. The monoisotopic (exact) mass is 266 g/mol. The summed E-state index contributed by atoms with van der Waals surface area (Å²) in [5.74, 6) is 2.40. The zero-order valence-electron chi connectivity index (χ0n) is 11.4. The quantitative estimate of drug-likeness (QED) is 0.907. The predicted molar refractivity (Wildman–Crippen MR) is 78.1 cm³/mol. The van der Waals surface area contributed by atoms with Crippen molar-refractivity contribution in [1.82, 2.24) is 9.97 Å². The summed E-state index contributed by atoms with van der Waals surface area (Å²) >= 11 is 2.02. The summed E-state index contributed by atoms with van der Waals surface area (Å²) in [7, 11) is 0. The summed E-state index contributed by atoms with van der Waals surface area (Å²) in [6.07, 6.45) is 1.95. The molecular formula is C13H22N4S. The molecule has 0 radical (unpaired) electrons. The van der Waals surface area contributed by atoms with Crippen LogP contribution in [0, 0.1) is 0 Å². The average molecular weight is 266 g/mol. The second kappa shape index (κ2) is 5.89. The van der Waals surface area contributed by atoms with Crippen molar-refractivity contribution >= 4 is 17.4 Å². The first-order chi connectivity index (χ1) is 8.61. The van der Waals surface area contributed by atoms with E-state index in [2.05, 4.69) is 35.6 Å². The Morgan fingerprint density at radius 2 is 2.33 bits per heavy atom. The highest BCUT2D eigenvalue weighted by Crippen LogP contribution is 2.26. The Morgan fingerprint density at radius 1 is 1.56 bits per heavy atom. The van der Waals surface area contributed by atoms with Gasteiger partial charge in [0.2, 0.25) is 0 Å². The fourth-order valence-corrected chi connectivity index (χ4v) is 3.17. The minimum Gasteiger partial charge on any atom is -0.367 e. The summed E-state index contributed by atoms with van der Waals surface area (Å²) in [5.41, 5.74) is 7.94. The van der Waals surface area contributed by atoms with Gasteiger partial charge in [-0.1, -0.05) is 20.8 Å². The van der Waals surface area contributed by atoms with E-state index in [0.717, 1.165) is 36.0 Å². The molecule has 0 bridgehead atoms. The second-order valence-corrected chi connectivity index (χ2v) is 6.59. The maximum absolute atomic E-state index is 5.84. The van der Waals surface area contributed by atoms with E-state index in [1.807, 2.05) is 18.0 Å². The molecule has 1 aromatic rings. The topological polar surface area (TPSA) is 55.0 Å². The molecule has 1 aromatic heterocycles. The predicted octanol–water partition coefficient (Wildman–Crippen LogP) is 2.00. The molecule has 4 nitrogen and oxygen atoms in total. The van der Waals surface area contributed by atoms with E-state index in [1.165, 1.54) is 0 Å². The zero-order valence-corrected chi connectivity index (χ0v) is 12.2. The molecule has 5 heteroatoms. The van der Waals surface area contributed by atoms with E-state index in [4.69, 9.17) is 5.73 Å². The summed E-state index contributed by atoms with van der Waals surface area (Å²) in [6, 6.07) is 0. The number of anilines is 1. The zero-order chi connectivity index (χ0) is 13.1. The van der Waals surface area contributed by atoms with E-state index in [1.54, 1.807) is 0 Å². The molecule has 0 amide bonds. The van der Waals surface area contributed by atoms with Crippen molar-refractivity contribution in [2.45, 2.75) is 38.5 Å². The Kier molecular flexibility index (Phi) is 4.45. The molecule has 2 N–H and O–H groups in total. The van der Waals surface area contributed by atoms with Crippen LogP contribution in [0.15, 0.2) is 6.20 Å². The summed E-state index contributed by atoms with van der Waals surface area (Å²) in [5, 5.41) is 0.661. The molecule has 1 fully saturated rings. The lowest BCUT2D eigenvalue weighted by Gasteiger charge is -2.33. The van der Waals surface area contributed by atoms with Crippen LogP contribution in [0.3, 0.4) is 0 Å². The molecule has 1 aliphatic rings. The molecular weight excluding hydrogens is 244 g/mol. The van der Waals surface area contributed by atoms with Crippen molar-refractivity contribution in [2.75, 3.05) is 23.7 Å². The number of thioether (sulfide) groups is 1. The number of nitrogens with two attached hydrogens (primary N) is 1. The third kappa shape index (κ3) is 2.95. The molecule has 1 atom stereocenters. The number of aromatic nitrogens is 2. The Bertz CT molecular complexity index is 408. The molecule has 18 heavy (non-hydrogen) atoms. The van der Waals surface area contributed by atoms with Crippen molar-refractivity contribution in [3.63, 3.8) is 0 Å². The van der Waals surface area contributed by atoms with Crippen molar-refractivity contribution in [2.24, 2.45) is 5.73 Å². The van der Waals surface area contributed by atoms with Crippen LogP contribution in [0.5, 0.6) is 0 Å². The third-order valence-electron chi connectivity index (χ3n) is 3.16. The van der Waals surface area contributed by atoms with Crippen LogP contribution in [-0.2, 0) is 6.54 Å². The second-order valence-electron chi connectivity index (χ2n) is 5.05. The first-order valence-corrected chi connectivity index (χ1v) is 7.59. The van der Waals surface area contributed by atoms with Crippen LogP contribution in [0.25, 0.3) is 0 Å². The van der Waals surface area contributed by atoms with E-state index >= 15 is 0 Å². The van der Waals surface area contributed by atoms with Crippen molar-refractivity contribution in [3.8, 4) is 0 Å². The third-order valence-corrected chi connectivity index (χ3v) is 4.29. The van der Waals surface area contributed by atoms with E-state index < -0.39 is 0 Å². The smallest absolute Gasteiger partial charge is 0.131 e. The van der Waals surface area contributed by atoms with Crippen molar-refractivity contribution < 1.29 is 0 Å². The number of hydrogen-bond donors (Lipinski definition) is 1. The van der Waals surface area contributed by atoms with Crippen LogP contribution < -0.4 is 10.6 Å². The first-order valence-electron chi connectivity index (χ1n) is 6.54. The highest BCUT2D eigenvalue weighted by molar-refractivity contribution is 8.00. The van der Waals surface area contributed by atoms with E-state index in [0.29, 0.717) is 17.7 Å². The maximum Gasteiger partial charge on any atom is 0.131 e. The fourth-order valence-electron chi connectivity index (χ4n) is 2.16. The van der Waals surface area contributed by atoms with Crippen LogP contribution in [0.1, 0.15) is 38.2 Å². The van der Waals surface area contributed by atoms with Gasteiger partial charge in [-0.3, -0.25) is 0 Å². The lowest BCUT2D eigenvalue weighted by atomic mass is 10.2. The van der Waals surface area contributed by atoms with Crippen LogP contribution in [0.2, 0.25) is 0 Å². The minimum absolute atomic E-state index is 0.347. The van der Waals surface area contributed by atoms with Gasteiger partial charge < -0.3 is 10.6 Å². The average Bonchev–Trinajstić information content (AvgIpc) is 2.37. The lowest BCUT2D eigenvalue weighted by Crippen LogP contribution is -2.37. The molecule has 0 saturated carbocycles. The molecule has 2 rings (SSSR count). The molecule has 0 aromatic carbocycles. The molecule has 100 valence electrons. The van der Waals surface area contributed by atoms with Crippen molar-refractivity contribution in [3.05, 3.63) is 17.7 Å². The SMILES string of the molecule is CC1CN(c2cnc(C(C)C)nc2CN)CCS1. The van der Waals surface area contributed by atoms with Gasteiger partial charge in [0.15, 0.2) is 0 Å². The minimum atomic E-state index is 0.347. The fraction of sp³-hybridized carbons (Fsp3) is 0.692. The molecule has 1 saturated heterocycles. The van der Waals surface area contributed by atoms with Gasteiger partial charge in [-0.05, 0) is 0 Å². The van der Waals surface area contributed by atoms with Gasteiger partial charge in [-0.2, -0.15) is 11.8 Å². The highest BCUT2D eigenvalue weighted by Gasteiger charge is 2.20. The van der Waals surface area contributed by atoms with Gasteiger partial charge >= 0.3 is 0 Å². The van der Waals surface area contributed by atoms with Gasteiger partial charge in [0.1, 0.15) is 5.82 Å². The van der Waals surface area contributed by atoms with Crippen LogP contribution >= 0.6 is 11.8 Å². The van der Waals surface area contributed by atoms with Gasteiger partial charge in [0, 0.05) is 36.6 Å². The van der Waals surface area contributed by atoms with E-state index in [-0.39, 0.29) is 0 Å². The molecule has 0 spiro atoms. The summed E-state index contributed by atoms with van der Waals surface area (Å²) < 4.78 is 0. The lowest BCUT2D eigenvalue weighted by molar-refractivity contribution is 0.731. The molecule has 0 aliphatic carbocycles. The Hall–Kier alpha value is -0.810. The Balaban J connectivity index is 2.26. The van der Waals surface area contributed by atoms with Crippen molar-refractivity contribution in [1.29, 1.82) is 0 Å². The van der Waals surface area contributed by atoms with Gasteiger partial charge in [0.05, 0.1) is 17.6 Å².